The van der Waals surface area contributed by atoms with E-state index in [0.717, 1.165) is 22.4 Å². The first-order chi connectivity index (χ1) is 8.47. The molecule has 0 spiro atoms. The van der Waals surface area contributed by atoms with Crippen LogP contribution in [0.15, 0.2) is 12.1 Å². The average Bonchev–Trinajstić information content (AvgIpc) is 2.34. The SMILES string of the molecule is CCOC(=O)C(N)COc1c(C)ccc(C)c1C. The molecule has 0 saturated heterocycles. The van der Waals surface area contributed by atoms with Gasteiger partial charge in [0.25, 0.3) is 0 Å². The van der Waals surface area contributed by atoms with Crippen molar-refractivity contribution in [1.29, 1.82) is 0 Å². The summed E-state index contributed by atoms with van der Waals surface area (Å²) in [5, 5.41) is 0. The summed E-state index contributed by atoms with van der Waals surface area (Å²) in [6.45, 7) is 8.19. The predicted octanol–water partition coefficient (Wildman–Crippen LogP) is 1.88. The van der Waals surface area contributed by atoms with Crippen LogP contribution in [-0.4, -0.2) is 25.2 Å². The Bertz CT molecular complexity index is 429. The minimum absolute atomic E-state index is 0.129. The molecule has 1 atom stereocenters. The van der Waals surface area contributed by atoms with E-state index in [1.54, 1.807) is 6.92 Å². The second kappa shape index (κ2) is 6.40. The molecule has 0 aromatic heterocycles. The maximum Gasteiger partial charge on any atom is 0.326 e. The fourth-order valence-corrected chi connectivity index (χ4v) is 1.64. The molecule has 1 aromatic rings. The summed E-state index contributed by atoms with van der Waals surface area (Å²) in [5.74, 6) is 0.371. The van der Waals surface area contributed by atoms with Crippen molar-refractivity contribution in [2.75, 3.05) is 13.2 Å². The Labute approximate surface area is 108 Å². The monoisotopic (exact) mass is 251 g/mol. The second-order valence-corrected chi connectivity index (χ2v) is 4.32. The summed E-state index contributed by atoms with van der Waals surface area (Å²) in [5.41, 5.74) is 8.95. The number of carbonyl (C=O) groups is 1. The van der Waals surface area contributed by atoms with Gasteiger partial charge in [0.05, 0.1) is 6.61 Å². The zero-order valence-electron chi connectivity index (χ0n) is 11.4. The van der Waals surface area contributed by atoms with Crippen molar-refractivity contribution in [2.45, 2.75) is 33.7 Å². The number of esters is 1. The number of aryl methyl sites for hydroxylation is 2. The zero-order chi connectivity index (χ0) is 13.7. The molecule has 1 rings (SSSR count). The van der Waals surface area contributed by atoms with Crippen LogP contribution in [-0.2, 0) is 9.53 Å². The maximum atomic E-state index is 11.4. The quantitative estimate of drug-likeness (QED) is 0.812. The molecule has 4 nitrogen and oxygen atoms in total. The van der Waals surface area contributed by atoms with Crippen LogP contribution in [0.4, 0.5) is 0 Å². The number of ether oxygens (including phenoxy) is 2. The molecule has 0 amide bonds. The van der Waals surface area contributed by atoms with E-state index in [1.165, 1.54) is 0 Å². The number of nitrogens with two attached hydrogens (primary N) is 1. The summed E-state index contributed by atoms with van der Waals surface area (Å²) in [6, 6.07) is 3.29. The minimum atomic E-state index is -0.746. The smallest absolute Gasteiger partial charge is 0.326 e. The van der Waals surface area contributed by atoms with Gasteiger partial charge in [0, 0.05) is 0 Å². The van der Waals surface area contributed by atoms with Gasteiger partial charge in [0.15, 0.2) is 0 Å². The molecule has 0 bridgehead atoms. The predicted molar refractivity (Wildman–Crippen MR) is 70.8 cm³/mol. The van der Waals surface area contributed by atoms with E-state index in [4.69, 9.17) is 15.2 Å². The third-order valence-electron chi connectivity index (χ3n) is 2.87. The molecule has 0 aliphatic heterocycles. The van der Waals surface area contributed by atoms with Crippen molar-refractivity contribution >= 4 is 5.97 Å². The lowest BCUT2D eigenvalue weighted by Gasteiger charge is -2.16. The van der Waals surface area contributed by atoms with Crippen molar-refractivity contribution in [3.8, 4) is 5.75 Å². The van der Waals surface area contributed by atoms with E-state index in [2.05, 4.69) is 0 Å². The molecular formula is C14H21NO3. The minimum Gasteiger partial charge on any atom is -0.491 e. The lowest BCUT2D eigenvalue weighted by atomic mass is 10.1. The van der Waals surface area contributed by atoms with Gasteiger partial charge in [-0.3, -0.25) is 4.79 Å². The van der Waals surface area contributed by atoms with Crippen LogP contribution in [0.1, 0.15) is 23.6 Å². The maximum absolute atomic E-state index is 11.4. The van der Waals surface area contributed by atoms with Crippen molar-refractivity contribution in [2.24, 2.45) is 5.73 Å². The number of hydrogen-bond donors (Lipinski definition) is 1. The fourth-order valence-electron chi connectivity index (χ4n) is 1.64. The lowest BCUT2D eigenvalue weighted by molar-refractivity contribution is -0.145. The number of benzene rings is 1. The summed E-state index contributed by atoms with van der Waals surface area (Å²) >= 11 is 0. The molecule has 18 heavy (non-hydrogen) atoms. The highest BCUT2D eigenvalue weighted by atomic mass is 16.5. The Morgan fingerprint density at radius 2 is 1.89 bits per heavy atom. The van der Waals surface area contributed by atoms with Crippen LogP contribution >= 0.6 is 0 Å². The average molecular weight is 251 g/mol. The molecule has 0 aliphatic carbocycles. The lowest BCUT2D eigenvalue weighted by Crippen LogP contribution is -2.38. The summed E-state index contributed by atoms with van der Waals surface area (Å²) in [6.07, 6.45) is 0. The molecule has 1 aromatic carbocycles. The Hall–Kier alpha value is -1.55. The normalized spacial score (nSPS) is 12.1. The molecule has 2 N–H and O–H groups in total. The van der Waals surface area contributed by atoms with Crippen LogP contribution < -0.4 is 10.5 Å². The third kappa shape index (κ3) is 3.47. The largest absolute Gasteiger partial charge is 0.491 e. The van der Waals surface area contributed by atoms with E-state index in [1.807, 2.05) is 32.9 Å². The van der Waals surface area contributed by atoms with Gasteiger partial charge in [-0.2, -0.15) is 0 Å². The summed E-state index contributed by atoms with van der Waals surface area (Å²) < 4.78 is 10.5. The summed E-state index contributed by atoms with van der Waals surface area (Å²) in [4.78, 5) is 11.4. The molecule has 0 aliphatic rings. The van der Waals surface area contributed by atoms with Gasteiger partial charge in [-0.15, -0.1) is 0 Å². The van der Waals surface area contributed by atoms with E-state index in [9.17, 15) is 4.79 Å². The van der Waals surface area contributed by atoms with Gasteiger partial charge in [-0.05, 0) is 44.4 Å². The summed E-state index contributed by atoms with van der Waals surface area (Å²) in [7, 11) is 0. The third-order valence-corrected chi connectivity index (χ3v) is 2.87. The Morgan fingerprint density at radius 1 is 1.28 bits per heavy atom. The number of carbonyl (C=O) groups excluding carboxylic acids is 1. The molecule has 1 unspecified atom stereocenters. The van der Waals surface area contributed by atoms with Gasteiger partial charge < -0.3 is 15.2 Å². The van der Waals surface area contributed by atoms with E-state index in [0.29, 0.717) is 6.61 Å². The molecule has 4 heteroatoms. The van der Waals surface area contributed by atoms with Crippen LogP contribution in [0.5, 0.6) is 5.75 Å². The van der Waals surface area contributed by atoms with Crippen LogP contribution in [0.2, 0.25) is 0 Å². The first-order valence-electron chi connectivity index (χ1n) is 6.09. The van der Waals surface area contributed by atoms with Gasteiger partial charge in [-0.1, -0.05) is 12.1 Å². The topological polar surface area (TPSA) is 61.5 Å². The van der Waals surface area contributed by atoms with Gasteiger partial charge in [0.1, 0.15) is 18.4 Å². The van der Waals surface area contributed by atoms with Gasteiger partial charge in [-0.25, -0.2) is 0 Å². The standard InChI is InChI=1S/C14H21NO3/c1-5-17-14(16)12(15)8-18-13-10(3)7-6-9(2)11(13)4/h6-7,12H,5,8,15H2,1-4H3. The Morgan fingerprint density at radius 3 is 2.50 bits per heavy atom. The van der Waals surface area contributed by atoms with Crippen LogP contribution in [0.25, 0.3) is 0 Å². The van der Waals surface area contributed by atoms with E-state index < -0.39 is 12.0 Å². The van der Waals surface area contributed by atoms with E-state index >= 15 is 0 Å². The van der Waals surface area contributed by atoms with Crippen molar-refractivity contribution in [3.63, 3.8) is 0 Å². The Kier molecular flexibility index (Phi) is 5.16. The molecular weight excluding hydrogens is 230 g/mol. The second-order valence-electron chi connectivity index (χ2n) is 4.32. The highest BCUT2D eigenvalue weighted by Crippen LogP contribution is 2.25. The zero-order valence-corrected chi connectivity index (χ0v) is 11.4. The molecule has 100 valence electrons. The highest BCUT2D eigenvalue weighted by molar-refractivity contribution is 5.75. The van der Waals surface area contributed by atoms with Crippen LogP contribution in [0.3, 0.4) is 0 Å². The first-order valence-corrected chi connectivity index (χ1v) is 6.09. The van der Waals surface area contributed by atoms with Crippen molar-refractivity contribution in [1.82, 2.24) is 0 Å². The van der Waals surface area contributed by atoms with Crippen molar-refractivity contribution in [3.05, 3.63) is 28.8 Å². The van der Waals surface area contributed by atoms with Gasteiger partial charge >= 0.3 is 5.97 Å². The fraction of sp³-hybridized carbons (Fsp3) is 0.500. The number of rotatable bonds is 5. The molecule has 0 radical (unpaired) electrons. The molecule has 0 saturated carbocycles. The number of hydrogen-bond acceptors (Lipinski definition) is 4. The van der Waals surface area contributed by atoms with Gasteiger partial charge in [0.2, 0.25) is 0 Å². The van der Waals surface area contributed by atoms with Crippen molar-refractivity contribution < 1.29 is 14.3 Å². The first kappa shape index (κ1) is 14.5. The molecule has 0 fully saturated rings. The molecule has 0 heterocycles. The van der Waals surface area contributed by atoms with E-state index in [-0.39, 0.29) is 6.61 Å². The highest BCUT2D eigenvalue weighted by Gasteiger charge is 2.16. The Balaban J connectivity index is 2.69. The van der Waals surface area contributed by atoms with Crippen LogP contribution in [0, 0.1) is 20.8 Å².